The summed E-state index contributed by atoms with van der Waals surface area (Å²) in [6.45, 7) is -0.405. The van der Waals surface area contributed by atoms with Gasteiger partial charge in [-0.25, -0.2) is 0 Å². The predicted octanol–water partition coefficient (Wildman–Crippen LogP) is 8.24. The van der Waals surface area contributed by atoms with Crippen LogP contribution in [0.25, 0.3) is 0 Å². The molecule has 170 valence electrons. The van der Waals surface area contributed by atoms with Gasteiger partial charge in [0, 0.05) is 8.80 Å². The first-order valence-electron chi connectivity index (χ1n) is 12.7. The summed E-state index contributed by atoms with van der Waals surface area (Å²) >= 11 is 0. The van der Waals surface area contributed by atoms with Gasteiger partial charge >= 0.3 is 6.61 Å². The molecule has 0 spiro atoms. The average molecular weight is 437 g/mol. The molecule has 1 aromatic carbocycles. The van der Waals surface area contributed by atoms with Crippen molar-refractivity contribution in [3.05, 3.63) is 29.8 Å². The molecule has 1 aromatic rings. The van der Waals surface area contributed by atoms with Gasteiger partial charge in [0.2, 0.25) is 0 Å². The Bertz CT molecular complexity index is 575. The maximum Gasteiger partial charge on any atom is 0.387 e. The van der Waals surface area contributed by atoms with Gasteiger partial charge < -0.3 is 4.74 Å². The van der Waals surface area contributed by atoms with Crippen LogP contribution in [0.1, 0.15) is 83.1 Å². The van der Waals surface area contributed by atoms with Crippen molar-refractivity contribution < 1.29 is 13.5 Å². The van der Waals surface area contributed by atoms with E-state index in [1.807, 2.05) is 12.1 Å². The molecule has 3 rings (SSSR count). The van der Waals surface area contributed by atoms with E-state index < -0.39 is 6.61 Å². The van der Waals surface area contributed by atoms with E-state index in [1.54, 1.807) is 43.1 Å². The van der Waals surface area contributed by atoms with Gasteiger partial charge in [-0.2, -0.15) is 8.78 Å². The first-order chi connectivity index (χ1) is 14.6. The number of aryl methyl sites for hydroxylation is 1. The molecule has 0 atom stereocenters. The van der Waals surface area contributed by atoms with Crippen LogP contribution in [-0.4, -0.2) is 15.4 Å². The van der Waals surface area contributed by atoms with E-state index in [4.69, 9.17) is 0 Å². The fourth-order valence-electron chi connectivity index (χ4n) is 5.99. The Hall–Kier alpha value is -0.903. The number of unbranched alkanes of at least 4 members (excludes halogenated alkanes) is 2. The second-order valence-electron chi connectivity index (χ2n) is 9.97. The third kappa shape index (κ3) is 7.98. The molecule has 0 unspecified atom stereocenters. The molecule has 1 heterocycles. The van der Waals surface area contributed by atoms with Crippen molar-refractivity contribution in [2.75, 3.05) is 0 Å². The Morgan fingerprint density at radius 1 is 0.900 bits per heavy atom. The largest absolute Gasteiger partial charge is 0.435 e. The van der Waals surface area contributed by atoms with Gasteiger partial charge in [0.05, 0.1) is 0 Å². The second kappa shape index (κ2) is 12.8. The SMILES string of the molecule is CCCC[SiH]1CCC(C2CCC(CCCCc3ccc(OC(F)F)cc3)CC2)CC1. The summed E-state index contributed by atoms with van der Waals surface area (Å²) in [4.78, 5) is 0. The van der Waals surface area contributed by atoms with Crippen molar-refractivity contribution >= 4 is 8.80 Å². The zero-order valence-corrected chi connectivity index (χ0v) is 20.1. The second-order valence-corrected chi connectivity index (χ2v) is 13.4. The Labute approximate surface area is 184 Å². The van der Waals surface area contributed by atoms with E-state index in [1.165, 1.54) is 63.4 Å². The lowest BCUT2D eigenvalue weighted by Crippen LogP contribution is -2.28. The summed E-state index contributed by atoms with van der Waals surface area (Å²) in [7, 11) is -0.344. The van der Waals surface area contributed by atoms with Crippen LogP contribution in [0.3, 0.4) is 0 Å². The van der Waals surface area contributed by atoms with Crippen molar-refractivity contribution in [2.24, 2.45) is 17.8 Å². The highest BCUT2D eigenvalue weighted by Crippen LogP contribution is 2.42. The molecular weight excluding hydrogens is 394 g/mol. The van der Waals surface area contributed by atoms with E-state index in [0.29, 0.717) is 0 Å². The lowest BCUT2D eigenvalue weighted by Gasteiger charge is -2.37. The number of rotatable bonds is 11. The average Bonchev–Trinajstić information content (AvgIpc) is 2.77. The molecule has 1 saturated heterocycles. The number of benzene rings is 1. The lowest BCUT2D eigenvalue weighted by molar-refractivity contribution is -0.0498. The third-order valence-corrected chi connectivity index (χ3v) is 11.4. The molecule has 2 aliphatic rings. The van der Waals surface area contributed by atoms with Crippen molar-refractivity contribution in [3.8, 4) is 5.75 Å². The minimum Gasteiger partial charge on any atom is -0.435 e. The maximum atomic E-state index is 12.2. The van der Waals surface area contributed by atoms with Gasteiger partial charge in [0.15, 0.2) is 0 Å². The number of hydrogen-bond donors (Lipinski definition) is 0. The van der Waals surface area contributed by atoms with Crippen LogP contribution >= 0.6 is 0 Å². The monoisotopic (exact) mass is 436 g/mol. The van der Waals surface area contributed by atoms with Gasteiger partial charge in [-0.05, 0) is 61.1 Å². The zero-order valence-electron chi connectivity index (χ0n) is 19.0. The van der Waals surface area contributed by atoms with E-state index in [0.717, 1.165) is 24.2 Å². The highest BCUT2D eigenvalue weighted by molar-refractivity contribution is 6.58. The molecule has 1 aliphatic heterocycles. The summed E-state index contributed by atoms with van der Waals surface area (Å²) < 4.78 is 28.8. The van der Waals surface area contributed by atoms with Crippen LogP contribution < -0.4 is 4.74 Å². The van der Waals surface area contributed by atoms with Crippen LogP contribution in [0, 0.1) is 17.8 Å². The molecule has 0 aromatic heterocycles. The van der Waals surface area contributed by atoms with Crippen LogP contribution in [0.4, 0.5) is 8.78 Å². The fourth-order valence-corrected chi connectivity index (χ4v) is 9.64. The number of alkyl halides is 2. The van der Waals surface area contributed by atoms with Crippen molar-refractivity contribution in [1.29, 1.82) is 0 Å². The third-order valence-electron chi connectivity index (χ3n) is 7.89. The number of ether oxygens (including phenoxy) is 1. The van der Waals surface area contributed by atoms with Crippen LogP contribution in [0.15, 0.2) is 24.3 Å². The topological polar surface area (TPSA) is 9.23 Å². The quantitative estimate of drug-likeness (QED) is 0.251. The summed E-state index contributed by atoms with van der Waals surface area (Å²) in [5.74, 6) is 3.30. The Kier molecular flexibility index (Phi) is 10.2. The summed E-state index contributed by atoms with van der Waals surface area (Å²) in [6.07, 6.45) is 16.8. The first-order valence-corrected chi connectivity index (χ1v) is 15.1. The van der Waals surface area contributed by atoms with Gasteiger partial charge in [0.1, 0.15) is 5.75 Å². The minimum atomic E-state index is -2.74. The van der Waals surface area contributed by atoms with Gasteiger partial charge in [-0.1, -0.05) is 88.6 Å². The standard InChI is InChI=1S/C26H42F2OSi/c1-2-3-18-30-19-16-24(17-20-30)23-12-8-21(9-13-23)6-4-5-7-22-10-14-25(15-11-22)29-26(27)28/h10-11,14-15,21,23-24,26,30H,2-9,12-13,16-20H2,1H3. The molecular formula is C26H42F2OSi. The highest BCUT2D eigenvalue weighted by Gasteiger charge is 2.30. The van der Waals surface area contributed by atoms with Crippen molar-refractivity contribution in [2.45, 2.75) is 109 Å². The van der Waals surface area contributed by atoms with E-state index in [9.17, 15) is 8.78 Å². The Morgan fingerprint density at radius 2 is 1.57 bits per heavy atom. The Balaban J connectivity index is 1.26. The molecule has 1 saturated carbocycles. The molecule has 0 amide bonds. The lowest BCUT2D eigenvalue weighted by atomic mass is 9.73. The molecule has 0 radical (unpaired) electrons. The van der Waals surface area contributed by atoms with Crippen molar-refractivity contribution in [1.82, 2.24) is 0 Å². The molecule has 4 heteroatoms. The summed E-state index contributed by atoms with van der Waals surface area (Å²) in [5, 5.41) is 0. The first kappa shape index (κ1) is 23.8. The molecule has 2 fully saturated rings. The number of hydrogen-bond acceptors (Lipinski definition) is 1. The molecule has 0 N–H and O–H groups in total. The number of halogens is 2. The smallest absolute Gasteiger partial charge is 0.387 e. The fraction of sp³-hybridized carbons (Fsp3) is 0.769. The van der Waals surface area contributed by atoms with E-state index >= 15 is 0 Å². The predicted molar refractivity (Wildman–Crippen MR) is 125 cm³/mol. The van der Waals surface area contributed by atoms with Crippen molar-refractivity contribution in [3.63, 3.8) is 0 Å². The van der Waals surface area contributed by atoms with Crippen LogP contribution in [0.2, 0.25) is 18.1 Å². The maximum absolute atomic E-state index is 12.2. The van der Waals surface area contributed by atoms with Gasteiger partial charge in [-0.3, -0.25) is 0 Å². The summed E-state index contributed by atoms with van der Waals surface area (Å²) in [6, 6.07) is 12.0. The van der Waals surface area contributed by atoms with E-state index in [2.05, 4.69) is 11.7 Å². The van der Waals surface area contributed by atoms with E-state index in [-0.39, 0.29) is 14.5 Å². The normalized spacial score (nSPS) is 27.3. The molecule has 0 bridgehead atoms. The molecule has 1 nitrogen and oxygen atoms in total. The summed E-state index contributed by atoms with van der Waals surface area (Å²) in [5.41, 5.74) is 1.22. The molecule has 30 heavy (non-hydrogen) atoms. The van der Waals surface area contributed by atoms with Crippen LogP contribution in [-0.2, 0) is 6.42 Å². The van der Waals surface area contributed by atoms with Crippen LogP contribution in [0.5, 0.6) is 5.75 Å². The highest BCUT2D eigenvalue weighted by atomic mass is 28.3. The van der Waals surface area contributed by atoms with Gasteiger partial charge in [-0.15, -0.1) is 0 Å². The Morgan fingerprint density at radius 3 is 2.20 bits per heavy atom. The molecule has 1 aliphatic carbocycles. The minimum absolute atomic E-state index is 0.252. The van der Waals surface area contributed by atoms with Gasteiger partial charge in [0.25, 0.3) is 0 Å². The zero-order chi connectivity index (χ0) is 21.2.